The van der Waals surface area contributed by atoms with Gasteiger partial charge in [-0.1, -0.05) is 11.8 Å². The third kappa shape index (κ3) is 2.45. The average molecular weight is 342 g/mol. The second-order valence-electron chi connectivity index (χ2n) is 5.98. The molecule has 1 amide bonds. The van der Waals surface area contributed by atoms with Crippen molar-refractivity contribution in [2.24, 2.45) is 15.9 Å². The van der Waals surface area contributed by atoms with Gasteiger partial charge in [-0.05, 0) is 54.4 Å². The zero-order valence-electron chi connectivity index (χ0n) is 13.7. The lowest BCUT2D eigenvalue weighted by Crippen LogP contribution is -2.26. The highest BCUT2D eigenvalue weighted by atomic mass is 32.2. The number of carbonyl (C=O) groups is 1. The quantitative estimate of drug-likeness (QED) is 0.842. The van der Waals surface area contributed by atoms with Gasteiger partial charge in [0, 0.05) is 0 Å². The van der Waals surface area contributed by atoms with Gasteiger partial charge in [0.05, 0.1) is 24.8 Å². The first-order valence-electron chi connectivity index (χ1n) is 8.04. The number of hydrogen-bond acceptors (Lipinski definition) is 5. The molecule has 1 aromatic carbocycles. The van der Waals surface area contributed by atoms with Crippen LogP contribution in [0.5, 0.6) is 11.5 Å². The van der Waals surface area contributed by atoms with Crippen LogP contribution in [-0.2, 0) is 4.79 Å². The molecule has 1 atom stereocenters. The van der Waals surface area contributed by atoms with E-state index in [9.17, 15) is 4.79 Å². The number of ether oxygens (including phenoxy) is 2. The van der Waals surface area contributed by atoms with Gasteiger partial charge in [0.2, 0.25) is 0 Å². The summed E-state index contributed by atoms with van der Waals surface area (Å²) in [4.78, 5) is 23.0. The summed E-state index contributed by atoms with van der Waals surface area (Å²) < 4.78 is 10.7. The molecule has 6 heteroatoms. The van der Waals surface area contributed by atoms with Crippen molar-refractivity contribution in [3.05, 3.63) is 34.2 Å². The fourth-order valence-corrected chi connectivity index (χ4v) is 4.75. The number of rotatable bonds is 3. The Bertz CT molecular complexity index is 810. The first-order valence-corrected chi connectivity index (χ1v) is 8.86. The molecule has 0 aromatic heterocycles. The van der Waals surface area contributed by atoms with Crippen LogP contribution in [-0.4, -0.2) is 31.0 Å². The molecule has 0 spiro atoms. The Morgan fingerprint density at radius 2 is 1.96 bits per heavy atom. The van der Waals surface area contributed by atoms with E-state index in [2.05, 4.69) is 4.99 Å². The minimum Gasteiger partial charge on any atom is -0.497 e. The normalized spacial score (nSPS) is 22.6. The maximum absolute atomic E-state index is 12.7. The Labute approximate surface area is 144 Å². The second-order valence-corrected chi connectivity index (χ2v) is 7.10. The van der Waals surface area contributed by atoms with Gasteiger partial charge in [0.15, 0.2) is 5.84 Å². The Morgan fingerprint density at radius 3 is 2.75 bits per heavy atom. The van der Waals surface area contributed by atoms with E-state index in [1.807, 2.05) is 12.1 Å². The van der Waals surface area contributed by atoms with Gasteiger partial charge in [-0.25, -0.2) is 4.99 Å². The molecular weight excluding hydrogens is 324 g/mol. The maximum Gasteiger partial charge on any atom is 0.261 e. The van der Waals surface area contributed by atoms with Crippen molar-refractivity contribution in [1.29, 1.82) is 0 Å². The molecular formula is C18H18N2O3S. The van der Waals surface area contributed by atoms with Crippen LogP contribution in [0, 0.1) is 5.92 Å². The van der Waals surface area contributed by atoms with Crippen LogP contribution >= 0.6 is 11.8 Å². The van der Waals surface area contributed by atoms with Crippen molar-refractivity contribution in [2.45, 2.75) is 25.7 Å². The van der Waals surface area contributed by atoms with Gasteiger partial charge < -0.3 is 9.47 Å². The Balaban J connectivity index is 1.74. The molecule has 3 aliphatic rings. The molecule has 0 N–H and O–H groups in total. The summed E-state index contributed by atoms with van der Waals surface area (Å²) in [5.41, 5.74) is 1.93. The number of amides is 1. The average Bonchev–Trinajstić information content (AvgIpc) is 3.00. The standard InChI is InChI=1S/C18H18N2O3S/c1-22-10-7-8-13(23-2)12(9-10)16-19-17(21)15-11-5-3-4-6-14(11)24-18(15)20-16/h7-9,15H,3-6H2,1-2H3. The maximum atomic E-state index is 12.7. The SMILES string of the molecule is COc1ccc(OC)c(C2=NC(=O)C3C(=N2)SC2=C3CCCC2)c1. The molecule has 0 fully saturated rings. The second kappa shape index (κ2) is 6.09. The monoisotopic (exact) mass is 342 g/mol. The largest absolute Gasteiger partial charge is 0.497 e. The summed E-state index contributed by atoms with van der Waals surface area (Å²) in [6.07, 6.45) is 4.39. The number of thioether (sulfide) groups is 1. The van der Waals surface area contributed by atoms with Crippen LogP contribution in [0.3, 0.4) is 0 Å². The third-order valence-corrected chi connectivity index (χ3v) is 5.86. The zero-order chi connectivity index (χ0) is 16.7. The van der Waals surface area contributed by atoms with E-state index in [1.165, 1.54) is 16.9 Å². The van der Waals surface area contributed by atoms with Crippen molar-refractivity contribution in [1.82, 2.24) is 0 Å². The molecule has 0 radical (unpaired) electrons. The Hall–Kier alpha value is -2.08. The van der Waals surface area contributed by atoms with Crippen molar-refractivity contribution in [3.8, 4) is 11.5 Å². The van der Waals surface area contributed by atoms with Crippen LogP contribution in [0.1, 0.15) is 31.2 Å². The summed E-state index contributed by atoms with van der Waals surface area (Å²) in [7, 11) is 3.20. The number of aliphatic imine (C=N–C) groups is 2. The number of amidine groups is 1. The van der Waals surface area contributed by atoms with Crippen molar-refractivity contribution < 1.29 is 14.3 Å². The molecule has 4 rings (SSSR count). The van der Waals surface area contributed by atoms with Crippen LogP contribution in [0.4, 0.5) is 0 Å². The number of benzene rings is 1. The fourth-order valence-electron chi connectivity index (χ4n) is 3.41. The van der Waals surface area contributed by atoms with Gasteiger partial charge >= 0.3 is 0 Å². The van der Waals surface area contributed by atoms with Crippen molar-refractivity contribution in [3.63, 3.8) is 0 Å². The summed E-state index contributed by atoms with van der Waals surface area (Å²) in [5.74, 6) is 1.37. The highest BCUT2D eigenvalue weighted by Gasteiger charge is 2.40. The molecule has 2 aliphatic heterocycles. The minimum atomic E-state index is -0.245. The van der Waals surface area contributed by atoms with Crippen LogP contribution < -0.4 is 9.47 Å². The molecule has 5 nitrogen and oxygen atoms in total. The first kappa shape index (κ1) is 15.4. The Morgan fingerprint density at radius 1 is 1.12 bits per heavy atom. The smallest absolute Gasteiger partial charge is 0.261 e. The molecule has 2 heterocycles. The number of methoxy groups -OCH3 is 2. The van der Waals surface area contributed by atoms with Crippen molar-refractivity contribution >= 4 is 28.5 Å². The summed E-state index contributed by atoms with van der Waals surface area (Å²) in [6.45, 7) is 0. The summed E-state index contributed by atoms with van der Waals surface area (Å²) >= 11 is 1.66. The van der Waals surface area contributed by atoms with E-state index in [4.69, 9.17) is 14.5 Å². The molecule has 1 aromatic rings. The molecule has 0 bridgehead atoms. The number of hydrogen-bond donors (Lipinski definition) is 0. The number of carbonyl (C=O) groups excluding carboxylic acids is 1. The third-order valence-electron chi connectivity index (χ3n) is 4.61. The van der Waals surface area contributed by atoms with Gasteiger partial charge in [-0.2, -0.15) is 4.99 Å². The lowest BCUT2D eigenvalue weighted by molar-refractivity contribution is -0.118. The molecule has 1 unspecified atom stereocenters. The summed E-state index contributed by atoms with van der Waals surface area (Å²) in [6, 6.07) is 5.43. The predicted molar refractivity (Wildman–Crippen MR) is 95.1 cm³/mol. The minimum absolute atomic E-state index is 0.112. The van der Waals surface area contributed by atoms with Crippen LogP contribution in [0.2, 0.25) is 0 Å². The van der Waals surface area contributed by atoms with Gasteiger partial charge in [-0.15, -0.1) is 0 Å². The number of fused-ring (bicyclic) bond motifs is 2. The highest BCUT2D eigenvalue weighted by Crippen LogP contribution is 2.47. The fraction of sp³-hybridized carbons (Fsp3) is 0.389. The van der Waals surface area contributed by atoms with Gasteiger partial charge in [0.25, 0.3) is 5.91 Å². The molecule has 0 saturated heterocycles. The number of allylic oxidation sites excluding steroid dienone is 1. The van der Waals surface area contributed by atoms with Crippen LogP contribution in [0.25, 0.3) is 0 Å². The molecule has 124 valence electrons. The van der Waals surface area contributed by atoms with E-state index < -0.39 is 0 Å². The van der Waals surface area contributed by atoms with Crippen molar-refractivity contribution in [2.75, 3.05) is 14.2 Å². The lowest BCUT2D eigenvalue weighted by Gasteiger charge is -2.19. The van der Waals surface area contributed by atoms with E-state index in [-0.39, 0.29) is 11.8 Å². The lowest BCUT2D eigenvalue weighted by atomic mass is 9.89. The topological polar surface area (TPSA) is 60.2 Å². The van der Waals surface area contributed by atoms with E-state index in [1.54, 1.807) is 32.0 Å². The van der Waals surface area contributed by atoms with Gasteiger partial charge in [0.1, 0.15) is 17.4 Å². The predicted octanol–water partition coefficient (Wildman–Crippen LogP) is 3.58. The van der Waals surface area contributed by atoms with E-state index in [0.29, 0.717) is 22.9 Å². The highest BCUT2D eigenvalue weighted by molar-refractivity contribution is 8.17. The first-order chi connectivity index (χ1) is 11.7. The molecule has 0 saturated carbocycles. The Kier molecular flexibility index (Phi) is 3.92. The zero-order valence-corrected chi connectivity index (χ0v) is 14.5. The molecule has 1 aliphatic carbocycles. The van der Waals surface area contributed by atoms with Gasteiger partial charge in [-0.3, -0.25) is 4.79 Å². The van der Waals surface area contributed by atoms with Crippen LogP contribution in [0.15, 0.2) is 38.7 Å². The van der Waals surface area contributed by atoms with E-state index in [0.717, 1.165) is 24.3 Å². The number of nitrogens with zero attached hydrogens (tertiary/aromatic N) is 2. The molecule has 24 heavy (non-hydrogen) atoms. The van der Waals surface area contributed by atoms with E-state index >= 15 is 0 Å². The summed E-state index contributed by atoms with van der Waals surface area (Å²) in [5, 5.41) is 0.863.